The number of benzene rings is 8. The molecular formula is C45H30NOP. The third-order valence-corrected chi connectivity index (χ3v) is 12.5. The van der Waals surface area contributed by atoms with Crippen molar-refractivity contribution in [2.45, 2.75) is 0 Å². The van der Waals surface area contributed by atoms with E-state index in [1.54, 1.807) is 0 Å². The van der Waals surface area contributed by atoms with E-state index in [0.717, 1.165) is 76.1 Å². The molecule has 0 aliphatic carbocycles. The average Bonchev–Trinajstić information content (AvgIpc) is 3.16. The molecule has 0 bridgehead atoms. The molecule has 0 aliphatic rings. The molecule has 0 N–H and O–H groups in total. The second-order valence-electron chi connectivity index (χ2n) is 12.3. The molecule has 0 atom stereocenters. The number of rotatable bonds is 5. The Morgan fingerprint density at radius 1 is 0.375 bits per heavy atom. The molecule has 0 aliphatic heterocycles. The van der Waals surface area contributed by atoms with Gasteiger partial charge in [-0.15, -0.1) is 0 Å². The Labute approximate surface area is 279 Å². The Balaban J connectivity index is 1.40. The summed E-state index contributed by atoms with van der Waals surface area (Å²) in [7, 11) is -3.28. The van der Waals surface area contributed by atoms with E-state index < -0.39 is 7.14 Å². The van der Waals surface area contributed by atoms with Crippen LogP contribution in [0.2, 0.25) is 0 Å². The lowest BCUT2D eigenvalue weighted by Crippen LogP contribution is -2.25. The fourth-order valence-corrected chi connectivity index (χ4v) is 9.88. The van der Waals surface area contributed by atoms with Crippen LogP contribution in [0.15, 0.2) is 182 Å². The van der Waals surface area contributed by atoms with Crippen LogP contribution in [0.4, 0.5) is 0 Å². The first-order valence-electron chi connectivity index (χ1n) is 16.2. The predicted octanol–water partition coefficient (Wildman–Crippen LogP) is 10.7. The van der Waals surface area contributed by atoms with Gasteiger partial charge in [0.25, 0.3) is 0 Å². The zero-order valence-corrected chi connectivity index (χ0v) is 27.0. The van der Waals surface area contributed by atoms with Crippen LogP contribution in [-0.4, -0.2) is 4.98 Å². The summed E-state index contributed by atoms with van der Waals surface area (Å²) in [6.07, 6.45) is 0. The van der Waals surface area contributed by atoms with Crippen molar-refractivity contribution in [2.75, 3.05) is 0 Å². The van der Waals surface area contributed by atoms with Crippen LogP contribution in [0.1, 0.15) is 0 Å². The lowest BCUT2D eigenvalue weighted by Gasteiger charge is -2.22. The van der Waals surface area contributed by atoms with Crippen molar-refractivity contribution in [1.82, 2.24) is 4.98 Å². The summed E-state index contributed by atoms with van der Waals surface area (Å²) in [5, 5.41) is 9.17. The van der Waals surface area contributed by atoms with E-state index in [0.29, 0.717) is 0 Å². The van der Waals surface area contributed by atoms with Crippen LogP contribution in [0, 0.1) is 0 Å². The van der Waals surface area contributed by atoms with Crippen LogP contribution < -0.4 is 15.9 Å². The third kappa shape index (κ3) is 4.65. The summed E-state index contributed by atoms with van der Waals surface area (Å²) in [6, 6.07) is 62.7. The standard InChI is InChI=1S/C45H30NOP/c47-48(36-17-3-1-4-18-36,37-19-5-2-6-20-37)38-28-33(40-24-13-16-31-14-7-9-21-39(31)40)27-34(29-38)43-30-35-26-32-15-8-12-25-44(32)46-45(35)42-23-11-10-22-41(42)43/h1-30H. The molecular weight excluding hydrogens is 601 g/mol. The minimum absolute atomic E-state index is 0.807. The van der Waals surface area contributed by atoms with E-state index in [2.05, 4.69) is 115 Å². The number of fused-ring (bicyclic) bond motifs is 5. The van der Waals surface area contributed by atoms with Crippen LogP contribution in [-0.2, 0) is 4.57 Å². The maximum atomic E-state index is 15.9. The van der Waals surface area contributed by atoms with Gasteiger partial charge in [-0.2, -0.15) is 0 Å². The highest BCUT2D eigenvalue weighted by Gasteiger charge is 2.31. The van der Waals surface area contributed by atoms with Gasteiger partial charge in [-0.1, -0.05) is 146 Å². The summed E-state index contributed by atoms with van der Waals surface area (Å²) in [6.45, 7) is 0. The number of pyridine rings is 1. The molecule has 9 rings (SSSR count). The normalized spacial score (nSPS) is 11.8. The van der Waals surface area contributed by atoms with Crippen LogP contribution in [0.25, 0.3) is 65.6 Å². The third-order valence-electron chi connectivity index (χ3n) is 9.46. The van der Waals surface area contributed by atoms with Gasteiger partial charge >= 0.3 is 0 Å². The highest BCUT2D eigenvalue weighted by Crippen LogP contribution is 2.46. The monoisotopic (exact) mass is 631 g/mol. The number of nitrogens with zero attached hydrogens (tertiary/aromatic N) is 1. The summed E-state index contributed by atoms with van der Waals surface area (Å²) >= 11 is 0. The molecule has 226 valence electrons. The molecule has 1 heterocycles. The Hall–Kier alpha value is -5.82. The van der Waals surface area contributed by atoms with Gasteiger partial charge < -0.3 is 4.57 Å². The van der Waals surface area contributed by atoms with E-state index >= 15 is 4.57 Å². The fraction of sp³-hybridized carbons (Fsp3) is 0. The second kappa shape index (κ2) is 11.5. The first-order valence-corrected chi connectivity index (χ1v) is 17.9. The van der Waals surface area contributed by atoms with Gasteiger partial charge in [0.05, 0.1) is 11.0 Å². The van der Waals surface area contributed by atoms with Crippen LogP contribution in [0.3, 0.4) is 0 Å². The lowest BCUT2D eigenvalue weighted by atomic mass is 9.91. The summed E-state index contributed by atoms with van der Waals surface area (Å²) in [4.78, 5) is 5.13. The molecule has 8 aromatic carbocycles. The molecule has 3 heteroatoms. The van der Waals surface area contributed by atoms with Gasteiger partial charge in [0.2, 0.25) is 0 Å². The summed E-state index contributed by atoms with van der Waals surface area (Å²) in [5.41, 5.74) is 6.22. The minimum Gasteiger partial charge on any atom is -0.309 e. The van der Waals surface area contributed by atoms with E-state index in [-0.39, 0.29) is 0 Å². The number of hydrogen-bond acceptors (Lipinski definition) is 2. The summed E-state index contributed by atoms with van der Waals surface area (Å²) in [5.74, 6) is 0. The number of hydrogen-bond donors (Lipinski definition) is 0. The van der Waals surface area contributed by atoms with Gasteiger partial charge in [-0.05, 0) is 74.8 Å². The SMILES string of the molecule is O=P(c1ccccc1)(c1ccccc1)c1cc(-c2cccc3ccccc23)cc(-c2cc3cc4ccccc4nc3c3ccccc23)c1. The van der Waals surface area contributed by atoms with Gasteiger partial charge in [-0.25, -0.2) is 4.98 Å². The fourth-order valence-electron chi connectivity index (χ4n) is 7.16. The van der Waals surface area contributed by atoms with E-state index in [9.17, 15) is 0 Å². The minimum atomic E-state index is -3.28. The number of aromatic nitrogens is 1. The van der Waals surface area contributed by atoms with Crippen molar-refractivity contribution in [3.05, 3.63) is 182 Å². The molecule has 2 nitrogen and oxygen atoms in total. The molecule has 0 amide bonds. The quantitative estimate of drug-likeness (QED) is 0.107. The van der Waals surface area contributed by atoms with Crippen molar-refractivity contribution < 1.29 is 4.57 Å². The second-order valence-corrected chi connectivity index (χ2v) is 15.1. The average molecular weight is 632 g/mol. The van der Waals surface area contributed by atoms with Crippen molar-refractivity contribution >= 4 is 66.4 Å². The first kappa shape index (κ1) is 28.4. The summed E-state index contributed by atoms with van der Waals surface area (Å²) < 4.78 is 15.9. The van der Waals surface area contributed by atoms with Gasteiger partial charge in [0.1, 0.15) is 0 Å². The number of para-hydroxylation sites is 1. The van der Waals surface area contributed by atoms with Gasteiger partial charge in [0, 0.05) is 32.1 Å². The van der Waals surface area contributed by atoms with Gasteiger partial charge in [0.15, 0.2) is 7.14 Å². The smallest absolute Gasteiger partial charge is 0.171 e. The first-order chi connectivity index (χ1) is 23.7. The largest absolute Gasteiger partial charge is 0.309 e. The molecule has 48 heavy (non-hydrogen) atoms. The maximum absolute atomic E-state index is 15.9. The van der Waals surface area contributed by atoms with Crippen LogP contribution >= 0.6 is 7.14 Å². The van der Waals surface area contributed by atoms with E-state index in [1.807, 2.05) is 66.7 Å². The molecule has 9 aromatic rings. The van der Waals surface area contributed by atoms with E-state index in [1.165, 1.54) is 5.39 Å². The van der Waals surface area contributed by atoms with Gasteiger partial charge in [-0.3, -0.25) is 0 Å². The molecule has 0 saturated heterocycles. The van der Waals surface area contributed by atoms with Crippen molar-refractivity contribution in [3.8, 4) is 22.3 Å². The van der Waals surface area contributed by atoms with Crippen molar-refractivity contribution in [3.63, 3.8) is 0 Å². The Morgan fingerprint density at radius 3 is 1.67 bits per heavy atom. The molecule has 0 unspecified atom stereocenters. The Kier molecular flexibility index (Phi) is 6.78. The topological polar surface area (TPSA) is 30.0 Å². The molecule has 1 aromatic heterocycles. The molecule has 0 radical (unpaired) electrons. The van der Waals surface area contributed by atoms with Crippen LogP contribution in [0.5, 0.6) is 0 Å². The maximum Gasteiger partial charge on any atom is 0.171 e. The highest BCUT2D eigenvalue weighted by atomic mass is 31.2. The lowest BCUT2D eigenvalue weighted by molar-refractivity contribution is 0.592. The molecule has 0 spiro atoms. The predicted molar refractivity (Wildman–Crippen MR) is 205 cm³/mol. The molecule has 0 fully saturated rings. The zero-order valence-electron chi connectivity index (χ0n) is 26.1. The van der Waals surface area contributed by atoms with Crippen molar-refractivity contribution in [1.29, 1.82) is 0 Å². The van der Waals surface area contributed by atoms with E-state index in [4.69, 9.17) is 4.98 Å². The molecule has 0 saturated carbocycles. The zero-order chi connectivity index (χ0) is 32.1. The Bertz CT molecular complexity index is 2650. The van der Waals surface area contributed by atoms with Crippen molar-refractivity contribution in [2.24, 2.45) is 0 Å². The Morgan fingerprint density at radius 2 is 0.938 bits per heavy atom. The highest BCUT2D eigenvalue weighted by molar-refractivity contribution is 7.85.